The van der Waals surface area contributed by atoms with Crippen LogP contribution in [0.1, 0.15) is 57.4 Å². The number of fused-ring (bicyclic) bond motifs is 2. The van der Waals surface area contributed by atoms with E-state index in [1.807, 2.05) is 13.1 Å². The molecule has 0 bridgehead atoms. The Morgan fingerprint density at radius 3 is 2.41 bits per heavy atom. The summed E-state index contributed by atoms with van der Waals surface area (Å²) in [6.45, 7) is 13.2. The standard InChI is InChI=1S/C25H27NO/c1-15(2)18-12-19-11-16(3)27-24(19)22(14-18)23-21-8-7-20(25(4,5)6)13-17(21)9-10-26-23/h7-15H,1-6H3. The molecule has 2 heterocycles. The van der Waals surface area contributed by atoms with Crippen LogP contribution in [0.5, 0.6) is 0 Å². The zero-order valence-electron chi connectivity index (χ0n) is 17.1. The summed E-state index contributed by atoms with van der Waals surface area (Å²) in [6, 6.07) is 15.4. The quantitative estimate of drug-likeness (QED) is 0.374. The lowest BCUT2D eigenvalue weighted by atomic mass is 9.85. The summed E-state index contributed by atoms with van der Waals surface area (Å²) >= 11 is 0. The number of pyridine rings is 1. The minimum atomic E-state index is 0.126. The van der Waals surface area contributed by atoms with Crippen LogP contribution in [-0.4, -0.2) is 4.98 Å². The predicted molar refractivity (Wildman–Crippen MR) is 114 cm³/mol. The third-order valence-corrected chi connectivity index (χ3v) is 5.31. The molecule has 0 aliphatic rings. The number of nitrogens with zero attached hydrogens (tertiary/aromatic N) is 1. The van der Waals surface area contributed by atoms with Gasteiger partial charge < -0.3 is 4.42 Å². The Morgan fingerprint density at radius 2 is 1.70 bits per heavy atom. The third-order valence-electron chi connectivity index (χ3n) is 5.31. The summed E-state index contributed by atoms with van der Waals surface area (Å²) in [7, 11) is 0. The van der Waals surface area contributed by atoms with Crippen LogP contribution in [0.15, 0.2) is 53.1 Å². The first kappa shape index (κ1) is 17.8. The summed E-state index contributed by atoms with van der Waals surface area (Å²) in [5.41, 5.74) is 5.77. The van der Waals surface area contributed by atoms with Gasteiger partial charge in [-0.25, -0.2) is 0 Å². The molecule has 0 N–H and O–H groups in total. The summed E-state index contributed by atoms with van der Waals surface area (Å²) in [5, 5.41) is 3.54. The van der Waals surface area contributed by atoms with Crippen molar-refractivity contribution >= 4 is 21.7 Å². The average Bonchev–Trinajstić information content (AvgIpc) is 2.99. The van der Waals surface area contributed by atoms with Crippen molar-refractivity contribution in [1.29, 1.82) is 0 Å². The molecule has 0 saturated carbocycles. The smallest absolute Gasteiger partial charge is 0.143 e. The number of aromatic nitrogens is 1. The van der Waals surface area contributed by atoms with Crippen LogP contribution >= 0.6 is 0 Å². The minimum absolute atomic E-state index is 0.126. The molecule has 4 aromatic rings. The SMILES string of the molecule is Cc1cc2cc(C(C)C)cc(-c3nccc4cc(C(C)(C)C)ccc34)c2o1. The van der Waals surface area contributed by atoms with E-state index in [9.17, 15) is 0 Å². The molecule has 2 aromatic heterocycles. The number of hydrogen-bond acceptors (Lipinski definition) is 2. The Kier molecular flexibility index (Phi) is 4.10. The zero-order chi connectivity index (χ0) is 19.3. The first-order valence-corrected chi connectivity index (χ1v) is 9.68. The van der Waals surface area contributed by atoms with Crippen molar-refractivity contribution in [2.75, 3.05) is 0 Å². The number of furan rings is 1. The second kappa shape index (κ2) is 6.23. The number of rotatable bonds is 2. The van der Waals surface area contributed by atoms with Gasteiger partial charge in [0, 0.05) is 22.5 Å². The van der Waals surface area contributed by atoms with E-state index in [2.05, 4.69) is 77.1 Å². The van der Waals surface area contributed by atoms with Crippen molar-refractivity contribution in [2.24, 2.45) is 0 Å². The molecule has 2 aromatic carbocycles. The molecule has 0 saturated heterocycles. The summed E-state index contributed by atoms with van der Waals surface area (Å²) in [5.74, 6) is 1.38. The second-order valence-corrected chi connectivity index (χ2v) is 8.84. The average molecular weight is 357 g/mol. The zero-order valence-corrected chi connectivity index (χ0v) is 17.1. The van der Waals surface area contributed by atoms with E-state index in [1.165, 1.54) is 21.9 Å². The Bertz CT molecular complexity index is 1140. The molecule has 4 rings (SSSR count). The summed E-state index contributed by atoms with van der Waals surface area (Å²) in [4.78, 5) is 4.77. The van der Waals surface area contributed by atoms with Gasteiger partial charge in [-0.2, -0.15) is 0 Å². The van der Waals surface area contributed by atoms with Crippen molar-refractivity contribution in [3.05, 3.63) is 65.5 Å². The molecule has 0 radical (unpaired) electrons. The lowest BCUT2D eigenvalue weighted by molar-refractivity contribution is 0.579. The largest absolute Gasteiger partial charge is 0.461 e. The molecule has 138 valence electrons. The van der Waals surface area contributed by atoms with Gasteiger partial charge in [-0.1, -0.05) is 52.8 Å². The van der Waals surface area contributed by atoms with Crippen LogP contribution in [0.25, 0.3) is 33.0 Å². The van der Waals surface area contributed by atoms with E-state index >= 15 is 0 Å². The monoisotopic (exact) mass is 357 g/mol. The highest BCUT2D eigenvalue weighted by molar-refractivity contribution is 6.02. The van der Waals surface area contributed by atoms with Crippen LogP contribution in [0.4, 0.5) is 0 Å². The lowest BCUT2D eigenvalue weighted by Crippen LogP contribution is -2.10. The van der Waals surface area contributed by atoms with Gasteiger partial charge >= 0.3 is 0 Å². The van der Waals surface area contributed by atoms with Crippen LogP contribution in [-0.2, 0) is 5.41 Å². The van der Waals surface area contributed by atoms with Gasteiger partial charge in [0.15, 0.2) is 0 Å². The maximum atomic E-state index is 6.08. The fraction of sp³-hybridized carbons (Fsp3) is 0.320. The molecule has 0 atom stereocenters. The fourth-order valence-corrected chi connectivity index (χ4v) is 3.67. The Labute approximate surface area is 161 Å². The lowest BCUT2D eigenvalue weighted by Gasteiger charge is -2.20. The third kappa shape index (κ3) is 3.14. The van der Waals surface area contributed by atoms with Crippen LogP contribution in [0.2, 0.25) is 0 Å². The maximum Gasteiger partial charge on any atom is 0.143 e. The molecular formula is C25H27NO. The highest BCUT2D eigenvalue weighted by atomic mass is 16.3. The molecule has 2 heteroatoms. The number of aryl methyl sites for hydroxylation is 1. The van der Waals surface area contributed by atoms with Crippen molar-refractivity contribution < 1.29 is 4.42 Å². The Hall–Kier alpha value is -2.61. The topological polar surface area (TPSA) is 26.0 Å². The molecule has 0 aliphatic carbocycles. The van der Waals surface area contributed by atoms with Gasteiger partial charge in [0.05, 0.1) is 5.69 Å². The van der Waals surface area contributed by atoms with E-state index < -0.39 is 0 Å². The molecule has 0 unspecified atom stereocenters. The van der Waals surface area contributed by atoms with Crippen molar-refractivity contribution in [1.82, 2.24) is 4.98 Å². The first-order valence-electron chi connectivity index (χ1n) is 9.68. The molecule has 2 nitrogen and oxygen atoms in total. The number of benzene rings is 2. The van der Waals surface area contributed by atoms with E-state index in [-0.39, 0.29) is 5.41 Å². The predicted octanol–water partition coefficient (Wildman–Crippen LogP) is 7.38. The maximum absolute atomic E-state index is 6.08. The van der Waals surface area contributed by atoms with Crippen LogP contribution in [0, 0.1) is 6.92 Å². The fourth-order valence-electron chi connectivity index (χ4n) is 3.67. The molecule has 27 heavy (non-hydrogen) atoms. The molecule has 0 amide bonds. The summed E-state index contributed by atoms with van der Waals surface area (Å²) in [6.07, 6.45) is 1.91. The van der Waals surface area contributed by atoms with Gasteiger partial charge in [0.25, 0.3) is 0 Å². The highest BCUT2D eigenvalue weighted by Crippen LogP contribution is 2.37. The molecule has 0 aliphatic heterocycles. The number of hydrogen-bond donors (Lipinski definition) is 0. The van der Waals surface area contributed by atoms with Gasteiger partial charge in [-0.15, -0.1) is 0 Å². The van der Waals surface area contributed by atoms with Crippen LogP contribution in [0.3, 0.4) is 0 Å². The van der Waals surface area contributed by atoms with Gasteiger partial charge in [0.2, 0.25) is 0 Å². The molecular weight excluding hydrogens is 330 g/mol. The Balaban J connectivity index is 2.02. The van der Waals surface area contributed by atoms with Gasteiger partial charge in [0.1, 0.15) is 11.3 Å². The summed E-state index contributed by atoms with van der Waals surface area (Å²) < 4.78 is 6.08. The van der Waals surface area contributed by atoms with Crippen molar-refractivity contribution in [2.45, 2.75) is 52.9 Å². The minimum Gasteiger partial charge on any atom is -0.461 e. The highest BCUT2D eigenvalue weighted by Gasteiger charge is 2.18. The first-order chi connectivity index (χ1) is 12.7. The Morgan fingerprint density at radius 1 is 0.926 bits per heavy atom. The molecule has 0 spiro atoms. The normalized spacial score (nSPS) is 12.4. The van der Waals surface area contributed by atoms with Crippen molar-refractivity contribution in [3.8, 4) is 11.3 Å². The van der Waals surface area contributed by atoms with Crippen LogP contribution < -0.4 is 0 Å². The van der Waals surface area contributed by atoms with E-state index in [4.69, 9.17) is 9.40 Å². The molecule has 0 fully saturated rings. The van der Waals surface area contributed by atoms with Crippen molar-refractivity contribution in [3.63, 3.8) is 0 Å². The second-order valence-electron chi connectivity index (χ2n) is 8.84. The van der Waals surface area contributed by atoms with E-state index in [1.54, 1.807) is 0 Å². The van der Waals surface area contributed by atoms with Gasteiger partial charge in [-0.05, 0) is 59.0 Å². The van der Waals surface area contributed by atoms with Gasteiger partial charge in [-0.3, -0.25) is 4.98 Å². The van der Waals surface area contributed by atoms with E-state index in [0.29, 0.717) is 5.92 Å². The van der Waals surface area contributed by atoms with E-state index in [0.717, 1.165) is 28.0 Å².